The largest absolute Gasteiger partial charge is 0.507 e. The minimum atomic E-state index is -1.34. The second kappa shape index (κ2) is 14.6. The van der Waals surface area contributed by atoms with Crippen molar-refractivity contribution in [3.8, 4) is 5.75 Å². The molecule has 0 fully saturated rings. The fraction of sp³-hybridized carbons (Fsp3) is 0.423. The zero-order chi connectivity index (χ0) is 24.8. The molecule has 0 radical (unpaired) electrons. The van der Waals surface area contributed by atoms with Crippen molar-refractivity contribution < 1.29 is 29.3 Å². The van der Waals surface area contributed by atoms with Crippen molar-refractivity contribution in [1.82, 2.24) is 10.6 Å². The highest BCUT2D eigenvalue weighted by Crippen LogP contribution is 2.24. The van der Waals surface area contributed by atoms with Gasteiger partial charge in [-0.2, -0.15) is 0 Å². The van der Waals surface area contributed by atoms with Gasteiger partial charge in [0.15, 0.2) is 0 Å². The van der Waals surface area contributed by atoms with E-state index in [1.807, 2.05) is 6.07 Å². The van der Waals surface area contributed by atoms with Crippen LogP contribution in [0.4, 0.5) is 4.79 Å². The van der Waals surface area contributed by atoms with E-state index >= 15 is 0 Å². The average molecular weight is 471 g/mol. The highest BCUT2D eigenvalue weighted by atomic mass is 16.5. The predicted molar refractivity (Wildman–Crippen MR) is 129 cm³/mol. The van der Waals surface area contributed by atoms with Crippen molar-refractivity contribution in [2.24, 2.45) is 0 Å². The highest BCUT2D eigenvalue weighted by molar-refractivity contribution is 5.97. The van der Waals surface area contributed by atoms with E-state index in [0.29, 0.717) is 6.54 Å². The van der Waals surface area contributed by atoms with E-state index in [1.165, 1.54) is 31.4 Å². The number of phenols is 1. The molecule has 0 aromatic heterocycles. The SMILES string of the molecule is CCCCCCCCNC(=O)c1cccc(CC(NC(=O)OCc2ccccc2)C(=O)O)c1O. The van der Waals surface area contributed by atoms with Crippen LogP contribution in [0.25, 0.3) is 0 Å². The van der Waals surface area contributed by atoms with Crippen LogP contribution in [0.2, 0.25) is 0 Å². The summed E-state index contributed by atoms with van der Waals surface area (Å²) in [5.41, 5.74) is 1.07. The lowest BCUT2D eigenvalue weighted by molar-refractivity contribution is -0.139. The molecule has 34 heavy (non-hydrogen) atoms. The molecule has 0 spiro atoms. The maximum Gasteiger partial charge on any atom is 0.408 e. The number of carbonyl (C=O) groups excluding carboxylic acids is 2. The molecule has 2 rings (SSSR count). The number of aliphatic carboxylic acids is 1. The Bertz CT molecular complexity index is 932. The van der Waals surface area contributed by atoms with Crippen molar-refractivity contribution in [2.45, 2.75) is 64.5 Å². The van der Waals surface area contributed by atoms with Crippen LogP contribution in [0.3, 0.4) is 0 Å². The third kappa shape index (κ3) is 9.13. The topological polar surface area (TPSA) is 125 Å². The number of benzene rings is 2. The summed E-state index contributed by atoms with van der Waals surface area (Å²) in [6.45, 7) is 2.66. The highest BCUT2D eigenvalue weighted by Gasteiger charge is 2.24. The second-order valence-corrected chi connectivity index (χ2v) is 8.14. The first-order valence-corrected chi connectivity index (χ1v) is 11.7. The van der Waals surface area contributed by atoms with Crippen LogP contribution < -0.4 is 10.6 Å². The average Bonchev–Trinajstić information content (AvgIpc) is 2.83. The monoisotopic (exact) mass is 470 g/mol. The molecule has 0 bridgehead atoms. The van der Waals surface area contributed by atoms with Gasteiger partial charge in [0.05, 0.1) is 5.56 Å². The molecule has 8 heteroatoms. The van der Waals surface area contributed by atoms with Gasteiger partial charge in [0.25, 0.3) is 5.91 Å². The summed E-state index contributed by atoms with van der Waals surface area (Å²) in [4.78, 5) is 36.3. The Kier molecular flexibility index (Phi) is 11.4. The molecule has 0 heterocycles. The number of amides is 2. The quantitative estimate of drug-likeness (QED) is 0.303. The number of ether oxygens (including phenoxy) is 1. The molecule has 0 aliphatic carbocycles. The minimum absolute atomic E-state index is 0.00147. The van der Waals surface area contributed by atoms with E-state index in [2.05, 4.69) is 17.6 Å². The number of carboxylic acids is 1. The van der Waals surface area contributed by atoms with Crippen molar-refractivity contribution in [1.29, 1.82) is 0 Å². The zero-order valence-corrected chi connectivity index (χ0v) is 19.6. The van der Waals surface area contributed by atoms with E-state index < -0.39 is 24.0 Å². The van der Waals surface area contributed by atoms with Crippen molar-refractivity contribution >= 4 is 18.0 Å². The van der Waals surface area contributed by atoms with Crippen LogP contribution in [0.15, 0.2) is 48.5 Å². The Balaban J connectivity index is 1.90. The number of rotatable bonds is 14. The van der Waals surface area contributed by atoms with Gasteiger partial charge in [0, 0.05) is 13.0 Å². The number of para-hydroxylation sites is 1. The summed E-state index contributed by atoms with van der Waals surface area (Å²) in [5, 5.41) is 25.2. The van der Waals surface area contributed by atoms with Crippen molar-refractivity contribution in [2.75, 3.05) is 6.54 Å². The van der Waals surface area contributed by atoms with Crippen molar-refractivity contribution in [3.63, 3.8) is 0 Å². The summed E-state index contributed by atoms with van der Waals surface area (Å²) in [6.07, 6.45) is 5.49. The minimum Gasteiger partial charge on any atom is -0.507 e. The number of carbonyl (C=O) groups is 3. The summed E-state index contributed by atoms with van der Waals surface area (Å²) in [5.74, 6) is -2.00. The Morgan fingerprint density at radius 2 is 1.65 bits per heavy atom. The Morgan fingerprint density at radius 3 is 2.35 bits per heavy atom. The van der Waals surface area contributed by atoms with Gasteiger partial charge in [0.1, 0.15) is 18.4 Å². The molecule has 2 amide bonds. The lowest BCUT2D eigenvalue weighted by atomic mass is 10.0. The number of carboxylic acid groups (broad SMARTS) is 1. The Morgan fingerprint density at radius 1 is 0.941 bits per heavy atom. The van der Waals surface area contributed by atoms with Crippen LogP contribution in [-0.4, -0.2) is 40.8 Å². The van der Waals surface area contributed by atoms with E-state index in [0.717, 1.165) is 24.8 Å². The summed E-state index contributed by atoms with van der Waals surface area (Å²) < 4.78 is 5.08. The number of unbranched alkanes of at least 4 members (excludes halogenated alkanes) is 5. The van der Waals surface area contributed by atoms with Gasteiger partial charge in [0.2, 0.25) is 0 Å². The number of hydrogen-bond donors (Lipinski definition) is 4. The predicted octanol–water partition coefficient (Wildman–Crippen LogP) is 4.40. The fourth-order valence-corrected chi connectivity index (χ4v) is 3.47. The lowest BCUT2D eigenvalue weighted by Gasteiger charge is -2.16. The number of alkyl carbamates (subject to hydrolysis) is 1. The summed E-state index contributed by atoms with van der Waals surface area (Å²) in [6, 6.07) is 12.2. The van der Waals surface area contributed by atoms with E-state index in [1.54, 1.807) is 30.3 Å². The normalized spacial score (nSPS) is 11.4. The maximum absolute atomic E-state index is 12.5. The van der Waals surface area contributed by atoms with Gasteiger partial charge in [-0.3, -0.25) is 4.79 Å². The molecule has 184 valence electrons. The number of aromatic hydroxyl groups is 1. The van der Waals surface area contributed by atoms with Crippen LogP contribution in [0, 0.1) is 0 Å². The first-order chi connectivity index (χ1) is 16.4. The molecule has 8 nitrogen and oxygen atoms in total. The molecular formula is C26H34N2O6. The van der Waals surface area contributed by atoms with Crippen molar-refractivity contribution in [3.05, 3.63) is 65.2 Å². The van der Waals surface area contributed by atoms with Crippen LogP contribution in [0.1, 0.15) is 66.9 Å². The van der Waals surface area contributed by atoms with E-state index in [-0.39, 0.29) is 29.9 Å². The first-order valence-electron chi connectivity index (χ1n) is 11.7. The molecule has 0 saturated carbocycles. The number of phenolic OH excluding ortho intramolecular Hbond substituents is 1. The maximum atomic E-state index is 12.5. The van der Waals surface area contributed by atoms with Gasteiger partial charge in [-0.25, -0.2) is 9.59 Å². The van der Waals surface area contributed by atoms with E-state index in [4.69, 9.17) is 4.74 Å². The third-order valence-electron chi connectivity index (χ3n) is 5.41. The second-order valence-electron chi connectivity index (χ2n) is 8.14. The molecule has 2 aromatic rings. The number of hydrogen-bond acceptors (Lipinski definition) is 5. The smallest absolute Gasteiger partial charge is 0.408 e. The van der Waals surface area contributed by atoms with Gasteiger partial charge in [-0.05, 0) is 23.6 Å². The third-order valence-corrected chi connectivity index (χ3v) is 5.41. The van der Waals surface area contributed by atoms with E-state index in [9.17, 15) is 24.6 Å². The lowest BCUT2D eigenvalue weighted by Crippen LogP contribution is -2.42. The number of nitrogens with one attached hydrogen (secondary N) is 2. The van der Waals surface area contributed by atoms with Crippen LogP contribution >= 0.6 is 0 Å². The molecule has 2 aromatic carbocycles. The Labute approximate surface area is 200 Å². The first kappa shape index (κ1) is 26.7. The fourth-order valence-electron chi connectivity index (χ4n) is 3.47. The molecule has 0 aliphatic heterocycles. The summed E-state index contributed by atoms with van der Waals surface area (Å²) in [7, 11) is 0. The molecule has 1 unspecified atom stereocenters. The summed E-state index contributed by atoms with van der Waals surface area (Å²) >= 11 is 0. The van der Waals surface area contributed by atoms with Gasteiger partial charge in [-0.15, -0.1) is 0 Å². The molecular weight excluding hydrogens is 436 g/mol. The van der Waals surface area contributed by atoms with Crippen LogP contribution in [0.5, 0.6) is 5.75 Å². The van der Waals surface area contributed by atoms with Gasteiger partial charge in [-0.1, -0.05) is 81.5 Å². The van der Waals surface area contributed by atoms with Gasteiger partial charge >= 0.3 is 12.1 Å². The molecule has 0 aliphatic rings. The molecule has 1 atom stereocenters. The molecule has 0 saturated heterocycles. The zero-order valence-electron chi connectivity index (χ0n) is 19.6. The Hall–Kier alpha value is -3.55. The standard InChI is InChI=1S/C26H34N2O6/c1-2-3-4-5-6-10-16-27-24(30)21-15-11-14-20(23(21)29)17-22(25(31)32)28-26(33)34-18-19-12-8-7-9-13-19/h7-9,11-15,22,29H,2-6,10,16-18H2,1H3,(H,27,30)(H,28,33)(H,31,32). The van der Waals surface area contributed by atoms with Gasteiger partial charge < -0.3 is 25.6 Å². The molecule has 4 N–H and O–H groups in total. The van der Waals surface area contributed by atoms with Crippen LogP contribution in [-0.2, 0) is 22.6 Å².